The Balaban J connectivity index is 3.34. The molecule has 4 heteroatoms. The molecule has 0 aliphatic rings. The maximum Gasteiger partial charge on any atom is 0.297 e. The molecule has 0 atom stereocenters. The summed E-state index contributed by atoms with van der Waals surface area (Å²) in [5.74, 6) is 0. The average Bonchev–Trinajstić information content (AvgIpc) is 1.96. The number of benzene rings is 1. The van der Waals surface area contributed by atoms with Crippen molar-refractivity contribution in [2.75, 3.05) is 0 Å². The first-order valence-electron chi connectivity index (χ1n) is 5.25. The van der Waals surface area contributed by atoms with Crippen LogP contribution in [-0.2, 0) is 14.3 Å². The van der Waals surface area contributed by atoms with Crippen molar-refractivity contribution < 1.29 is 12.6 Å². The van der Waals surface area contributed by atoms with Crippen LogP contribution in [0.4, 0.5) is 0 Å². The van der Waals surface area contributed by atoms with Crippen LogP contribution in [0.5, 0.6) is 0 Å². The smallest absolute Gasteiger partial charge is 0.264 e. The molecule has 0 heterocycles. The fourth-order valence-electron chi connectivity index (χ4n) is 1.86. The van der Waals surface area contributed by atoms with Crippen molar-refractivity contribution in [1.82, 2.24) is 0 Å². The van der Waals surface area contributed by atoms with Crippen molar-refractivity contribution >= 4 is 10.1 Å². The van der Waals surface area contributed by atoms with Crippen LogP contribution in [0.1, 0.15) is 30.5 Å². The molecule has 0 amide bonds. The van der Waals surface area contributed by atoms with Crippen molar-refractivity contribution in [3.05, 3.63) is 28.8 Å². The lowest BCUT2D eigenvalue weighted by molar-refractivity contribution is 0.248. The van der Waals surface area contributed by atoms with Crippen LogP contribution < -0.4 is 0 Å². The van der Waals surface area contributed by atoms with Crippen LogP contribution in [0.2, 0.25) is 0 Å². The summed E-state index contributed by atoms with van der Waals surface area (Å²) in [4.78, 5) is 0.298. The van der Waals surface area contributed by atoms with Crippen LogP contribution in [0.25, 0.3) is 0 Å². The molecule has 0 fully saturated rings. The molecule has 0 saturated carbocycles. The SMILES string of the molecule is Cc1cc(C)c(S(=O)(=O)OC(C)C)c(C)c1. The van der Waals surface area contributed by atoms with Gasteiger partial charge in [0.05, 0.1) is 11.0 Å². The second-order valence-corrected chi connectivity index (χ2v) is 5.84. The van der Waals surface area contributed by atoms with Gasteiger partial charge in [-0.25, -0.2) is 0 Å². The van der Waals surface area contributed by atoms with Crippen LogP contribution in [0.3, 0.4) is 0 Å². The van der Waals surface area contributed by atoms with Crippen LogP contribution in [0.15, 0.2) is 17.0 Å². The third-order valence-corrected chi connectivity index (χ3v) is 3.96. The second-order valence-electron chi connectivity index (χ2n) is 4.33. The van der Waals surface area contributed by atoms with E-state index in [-0.39, 0.29) is 6.10 Å². The van der Waals surface area contributed by atoms with Gasteiger partial charge < -0.3 is 0 Å². The molecule has 1 rings (SSSR count). The van der Waals surface area contributed by atoms with Crippen molar-refractivity contribution in [1.29, 1.82) is 0 Å². The Hall–Kier alpha value is -0.870. The molecule has 0 aromatic heterocycles. The van der Waals surface area contributed by atoms with E-state index in [1.54, 1.807) is 27.7 Å². The summed E-state index contributed by atoms with van der Waals surface area (Å²) in [7, 11) is -3.64. The van der Waals surface area contributed by atoms with E-state index in [1.807, 2.05) is 19.1 Å². The minimum Gasteiger partial charge on any atom is -0.264 e. The van der Waals surface area contributed by atoms with Crippen LogP contribution >= 0.6 is 0 Å². The molecule has 16 heavy (non-hydrogen) atoms. The zero-order chi connectivity index (χ0) is 12.5. The molecule has 0 saturated heterocycles. The standard InChI is InChI=1S/C12H18O3S/c1-8(2)15-16(13,14)12-10(4)6-9(3)7-11(12)5/h6-8H,1-5H3. The van der Waals surface area contributed by atoms with E-state index < -0.39 is 10.1 Å². The summed E-state index contributed by atoms with van der Waals surface area (Å²) >= 11 is 0. The minimum atomic E-state index is -3.64. The first-order chi connectivity index (χ1) is 7.24. The van der Waals surface area contributed by atoms with E-state index in [9.17, 15) is 8.42 Å². The number of aryl methyl sites for hydroxylation is 3. The zero-order valence-corrected chi connectivity index (χ0v) is 11.2. The molecule has 0 bridgehead atoms. The normalized spacial score (nSPS) is 12.1. The van der Waals surface area contributed by atoms with Crippen molar-refractivity contribution in [2.24, 2.45) is 0 Å². The molecular formula is C12H18O3S. The summed E-state index contributed by atoms with van der Waals surface area (Å²) in [6.45, 7) is 8.93. The summed E-state index contributed by atoms with van der Waals surface area (Å²) in [5, 5.41) is 0. The van der Waals surface area contributed by atoms with E-state index in [0.717, 1.165) is 16.7 Å². The predicted molar refractivity (Wildman–Crippen MR) is 64.1 cm³/mol. The predicted octanol–water partition coefficient (Wildman–Crippen LogP) is 2.73. The van der Waals surface area contributed by atoms with Gasteiger partial charge in [0.25, 0.3) is 10.1 Å². The van der Waals surface area contributed by atoms with Gasteiger partial charge in [0, 0.05) is 0 Å². The molecular weight excluding hydrogens is 224 g/mol. The Bertz CT molecular complexity index is 464. The quantitative estimate of drug-likeness (QED) is 0.765. The van der Waals surface area contributed by atoms with E-state index in [1.165, 1.54) is 0 Å². The summed E-state index contributed by atoms with van der Waals surface area (Å²) in [6, 6.07) is 3.70. The highest BCUT2D eigenvalue weighted by atomic mass is 32.2. The van der Waals surface area contributed by atoms with Crippen molar-refractivity contribution in [2.45, 2.75) is 45.6 Å². The summed E-state index contributed by atoms with van der Waals surface area (Å²) < 4.78 is 28.9. The van der Waals surface area contributed by atoms with Gasteiger partial charge in [-0.1, -0.05) is 17.7 Å². The van der Waals surface area contributed by atoms with Gasteiger partial charge in [-0.3, -0.25) is 4.18 Å². The second kappa shape index (κ2) is 4.55. The van der Waals surface area contributed by atoms with Gasteiger partial charge in [-0.15, -0.1) is 0 Å². The van der Waals surface area contributed by atoms with Gasteiger partial charge in [-0.05, 0) is 45.7 Å². The number of hydrogen-bond acceptors (Lipinski definition) is 3. The van der Waals surface area contributed by atoms with Gasteiger partial charge in [0.15, 0.2) is 0 Å². The minimum absolute atomic E-state index is 0.298. The molecule has 1 aromatic carbocycles. The first kappa shape index (κ1) is 13.2. The van der Waals surface area contributed by atoms with Crippen molar-refractivity contribution in [3.63, 3.8) is 0 Å². The molecule has 0 unspecified atom stereocenters. The summed E-state index contributed by atoms with van der Waals surface area (Å²) in [6.07, 6.45) is -0.342. The number of rotatable bonds is 3. The van der Waals surface area contributed by atoms with Crippen molar-refractivity contribution in [3.8, 4) is 0 Å². The molecule has 0 spiro atoms. The molecule has 0 aliphatic carbocycles. The highest BCUT2D eigenvalue weighted by molar-refractivity contribution is 7.86. The Kier molecular flexibility index (Phi) is 3.76. The Morgan fingerprint density at radius 2 is 1.50 bits per heavy atom. The molecule has 0 N–H and O–H groups in total. The molecule has 1 aromatic rings. The number of hydrogen-bond donors (Lipinski definition) is 0. The molecule has 90 valence electrons. The van der Waals surface area contributed by atoms with E-state index in [2.05, 4.69) is 0 Å². The lowest BCUT2D eigenvalue weighted by Crippen LogP contribution is -2.15. The first-order valence-corrected chi connectivity index (χ1v) is 6.66. The molecule has 0 radical (unpaired) electrons. The van der Waals surface area contributed by atoms with Gasteiger partial charge in [0.1, 0.15) is 0 Å². The van der Waals surface area contributed by atoms with E-state index >= 15 is 0 Å². The van der Waals surface area contributed by atoms with Crippen LogP contribution in [0, 0.1) is 20.8 Å². The highest BCUT2D eigenvalue weighted by Crippen LogP contribution is 2.24. The average molecular weight is 242 g/mol. The lowest BCUT2D eigenvalue weighted by atomic mass is 10.1. The van der Waals surface area contributed by atoms with Gasteiger partial charge in [-0.2, -0.15) is 8.42 Å². The van der Waals surface area contributed by atoms with E-state index in [4.69, 9.17) is 4.18 Å². The third-order valence-electron chi connectivity index (χ3n) is 2.17. The molecule has 3 nitrogen and oxygen atoms in total. The fourth-order valence-corrected chi connectivity index (χ4v) is 3.37. The Morgan fingerprint density at radius 3 is 1.88 bits per heavy atom. The maximum atomic E-state index is 12.0. The van der Waals surface area contributed by atoms with E-state index in [0.29, 0.717) is 4.90 Å². The summed E-state index contributed by atoms with van der Waals surface area (Å²) in [5.41, 5.74) is 2.52. The van der Waals surface area contributed by atoms with Gasteiger partial charge in [0.2, 0.25) is 0 Å². The third kappa shape index (κ3) is 2.83. The van der Waals surface area contributed by atoms with Crippen LogP contribution in [-0.4, -0.2) is 14.5 Å². The fraction of sp³-hybridized carbons (Fsp3) is 0.500. The lowest BCUT2D eigenvalue weighted by Gasteiger charge is -2.13. The maximum absolute atomic E-state index is 12.0. The Labute approximate surface area is 97.6 Å². The monoisotopic (exact) mass is 242 g/mol. The van der Waals surface area contributed by atoms with Gasteiger partial charge >= 0.3 is 0 Å². The Morgan fingerprint density at radius 1 is 1.06 bits per heavy atom. The zero-order valence-electron chi connectivity index (χ0n) is 10.4. The topological polar surface area (TPSA) is 43.4 Å². The highest BCUT2D eigenvalue weighted by Gasteiger charge is 2.21. The largest absolute Gasteiger partial charge is 0.297 e. The molecule has 0 aliphatic heterocycles.